The summed E-state index contributed by atoms with van der Waals surface area (Å²) in [5.74, 6) is 0.384. The summed E-state index contributed by atoms with van der Waals surface area (Å²) in [6, 6.07) is 6.26. The number of hydrogen-bond acceptors (Lipinski definition) is 5. The highest BCUT2D eigenvalue weighted by Crippen LogP contribution is 2.26. The lowest BCUT2D eigenvalue weighted by molar-refractivity contribution is -0.908. The van der Waals surface area contributed by atoms with E-state index in [4.69, 9.17) is 4.74 Å². The van der Waals surface area contributed by atoms with Crippen LogP contribution in [-0.2, 0) is 16.1 Å². The molecule has 1 aromatic heterocycles. The predicted molar refractivity (Wildman–Crippen MR) is 106 cm³/mol. The van der Waals surface area contributed by atoms with Gasteiger partial charge in [-0.25, -0.2) is 4.39 Å². The van der Waals surface area contributed by atoms with Crippen LogP contribution in [0.5, 0.6) is 0 Å². The van der Waals surface area contributed by atoms with E-state index in [2.05, 4.69) is 15.5 Å². The van der Waals surface area contributed by atoms with Gasteiger partial charge in [0.1, 0.15) is 18.9 Å². The maximum absolute atomic E-state index is 13.3. The van der Waals surface area contributed by atoms with Crippen molar-refractivity contribution < 1.29 is 18.8 Å². The van der Waals surface area contributed by atoms with E-state index in [9.17, 15) is 9.18 Å². The number of thioether (sulfide) groups is 1. The van der Waals surface area contributed by atoms with Gasteiger partial charge in [-0.2, -0.15) is 0 Å². The Balaban J connectivity index is 1.81. The minimum Gasteiger partial charge on any atom is -0.370 e. The Hall–Kier alpha value is -1.97. The first-order valence-electron chi connectivity index (χ1n) is 9.63. The molecule has 1 saturated heterocycles. The van der Waals surface area contributed by atoms with E-state index in [1.807, 2.05) is 18.4 Å². The molecule has 2 N–H and O–H groups in total. The van der Waals surface area contributed by atoms with Gasteiger partial charge in [0.2, 0.25) is 5.91 Å². The number of rotatable bonds is 8. The van der Waals surface area contributed by atoms with E-state index >= 15 is 0 Å². The molecule has 0 spiro atoms. The molecule has 2 aromatic rings. The van der Waals surface area contributed by atoms with Crippen LogP contribution < -0.4 is 10.2 Å². The Kier molecular flexibility index (Phi) is 7.41. The fourth-order valence-corrected chi connectivity index (χ4v) is 4.00. The molecule has 0 saturated carbocycles. The molecule has 2 heterocycles. The molecule has 0 aliphatic carbocycles. The van der Waals surface area contributed by atoms with Crippen LogP contribution >= 0.6 is 11.8 Å². The highest BCUT2D eigenvalue weighted by Gasteiger charge is 2.22. The van der Waals surface area contributed by atoms with E-state index in [1.54, 1.807) is 12.1 Å². The highest BCUT2D eigenvalue weighted by atomic mass is 32.2. The van der Waals surface area contributed by atoms with Crippen molar-refractivity contribution in [3.8, 4) is 11.4 Å². The molecule has 1 fully saturated rings. The molecule has 0 bridgehead atoms. The standard InChI is InChI=1S/C19H26FN5O2S/c1-3-21-18(26)14(2)28-19-23-22-17(15-4-6-16(20)7-5-15)25(19)9-8-24-10-12-27-13-11-24/h4-7,14H,3,8-13H2,1-2H3,(H,21,26)/p+1/t14-/m0/s1. The molecular weight excluding hydrogens is 381 g/mol. The van der Waals surface area contributed by atoms with E-state index in [-0.39, 0.29) is 17.0 Å². The number of aromatic nitrogens is 3. The first-order valence-corrected chi connectivity index (χ1v) is 10.5. The minimum atomic E-state index is -0.285. The number of hydrogen-bond donors (Lipinski definition) is 2. The number of quaternary nitrogens is 1. The zero-order chi connectivity index (χ0) is 19.9. The largest absolute Gasteiger partial charge is 0.370 e. The molecule has 3 rings (SSSR count). The molecule has 0 unspecified atom stereocenters. The van der Waals surface area contributed by atoms with Gasteiger partial charge in [-0.15, -0.1) is 10.2 Å². The molecular formula is C19H27FN5O2S+. The summed E-state index contributed by atoms with van der Waals surface area (Å²) in [6.07, 6.45) is 0. The van der Waals surface area contributed by atoms with Crippen LogP contribution in [0.1, 0.15) is 13.8 Å². The molecule has 7 nitrogen and oxygen atoms in total. The fraction of sp³-hybridized carbons (Fsp3) is 0.526. The lowest BCUT2D eigenvalue weighted by Crippen LogP contribution is -3.14. The van der Waals surface area contributed by atoms with Crippen LogP contribution in [0.25, 0.3) is 11.4 Å². The van der Waals surface area contributed by atoms with Gasteiger partial charge >= 0.3 is 0 Å². The predicted octanol–water partition coefficient (Wildman–Crippen LogP) is 0.616. The third-order valence-corrected chi connectivity index (χ3v) is 5.79. The number of benzene rings is 1. The molecule has 1 aliphatic heterocycles. The lowest BCUT2D eigenvalue weighted by Gasteiger charge is -2.24. The van der Waals surface area contributed by atoms with Crippen LogP contribution in [-0.4, -0.2) is 65.3 Å². The maximum Gasteiger partial charge on any atom is 0.233 e. The second-order valence-electron chi connectivity index (χ2n) is 6.73. The summed E-state index contributed by atoms with van der Waals surface area (Å²) in [4.78, 5) is 13.6. The average Bonchev–Trinajstić information content (AvgIpc) is 3.10. The van der Waals surface area contributed by atoms with Crippen molar-refractivity contribution in [1.82, 2.24) is 20.1 Å². The normalized spacial score (nSPS) is 16.1. The Morgan fingerprint density at radius 1 is 1.32 bits per heavy atom. The Morgan fingerprint density at radius 3 is 2.71 bits per heavy atom. The van der Waals surface area contributed by atoms with Gasteiger partial charge in [0.05, 0.1) is 31.6 Å². The third-order valence-electron chi connectivity index (χ3n) is 4.71. The molecule has 28 heavy (non-hydrogen) atoms. The zero-order valence-electron chi connectivity index (χ0n) is 16.3. The van der Waals surface area contributed by atoms with Crippen LogP contribution in [0.3, 0.4) is 0 Å². The Bertz CT molecular complexity index is 777. The number of carbonyl (C=O) groups excluding carboxylic acids is 1. The summed E-state index contributed by atoms with van der Waals surface area (Å²) in [6.45, 7) is 9.50. The van der Waals surface area contributed by atoms with Gasteiger partial charge < -0.3 is 15.0 Å². The van der Waals surface area contributed by atoms with E-state index in [0.29, 0.717) is 17.5 Å². The molecule has 152 valence electrons. The van der Waals surface area contributed by atoms with Crippen molar-refractivity contribution in [3.63, 3.8) is 0 Å². The van der Waals surface area contributed by atoms with Crippen LogP contribution in [0.4, 0.5) is 4.39 Å². The smallest absolute Gasteiger partial charge is 0.233 e. The molecule has 0 radical (unpaired) electrons. The van der Waals surface area contributed by atoms with Crippen LogP contribution in [0.15, 0.2) is 29.4 Å². The lowest BCUT2D eigenvalue weighted by atomic mass is 10.2. The Morgan fingerprint density at radius 2 is 2.04 bits per heavy atom. The van der Waals surface area contributed by atoms with Gasteiger partial charge in [-0.05, 0) is 38.1 Å². The first kappa shape index (κ1) is 20.8. The summed E-state index contributed by atoms with van der Waals surface area (Å²) in [5.41, 5.74) is 0.809. The van der Waals surface area contributed by atoms with E-state index in [0.717, 1.165) is 45.0 Å². The summed E-state index contributed by atoms with van der Waals surface area (Å²) in [5, 5.41) is 11.9. The molecule has 1 aromatic carbocycles. The van der Waals surface area contributed by atoms with E-state index in [1.165, 1.54) is 28.8 Å². The van der Waals surface area contributed by atoms with Gasteiger partial charge in [0.15, 0.2) is 11.0 Å². The monoisotopic (exact) mass is 408 g/mol. The van der Waals surface area contributed by atoms with Gasteiger partial charge in [-0.3, -0.25) is 9.36 Å². The van der Waals surface area contributed by atoms with Crippen molar-refractivity contribution in [2.75, 3.05) is 39.4 Å². The topological polar surface area (TPSA) is 73.5 Å². The quantitative estimate of drug-likeness (QED) is 0.627. The molecule has 1 amide bonds. The zero-order valence-corrected chi connectivity index (χ0v) is 17.1. The van der Waals surface area contributed by atoms with Gasteiger partial charge in [0.25, 0.3) is 0 Å². The van der Waals surface area contributed by atoms with Crippen LogP contribution in [0, 0.1) is 5.82 Å². The number of amides is 1. The molecule has 1 atom stereocenters. The molecule has 9 heteroatoms. The number of nitrogens with zero attached hydrogens (tertiary/aromatic N) is 3. The van der Waals surface area contributed by atoms with Crippen molar-refractivity contribution in [2.24, 2.45) is 0 Å². The van der Waals surface area contributed by atoms with Crippen molar-refractivity contribution in [2.45, 2.75) is 30.8 Å². The average molecular weight is 409 g/mol. The number of nitrogens with one attached hydrogen (secondary N) is 2. The minimum absolute atomic E-state index is 0.0239. The fourth-order valence-electron chi connectivity index (χ4n) is 3.10. The van der Waals surface area contributed by atoms with Crippen molar-refractivity contribution in [3.05, 3.63) is 30.1 Å². The second-order valence-corrected chi connectivity index (χ2v) is 8.04. The van der Waals surface area contributed by atoms with Gasteiger partial charge in [0, 0.05) is 12.1 Å². The first-order chi connectivity index (χ1) is 13.6. The van der Waals surface area contributed by atoms with Crippen LogP contribution in [0.2, 0.25) is 0 Å². The highest BCUT2D eigenvalue weighted by molar-refractivity contribution is 8.00. The van der Waals surface area contributed by atoms with Crippen molar-refractivity contribution >= 4 is 17.7 Å². The number of morpholine rings is 1. The maximum atomic E-state index is 13.3. The third kappa shape index (κ3) is 5.30. The van der Waals surface area contributed by atoms with E-state index < -0.39 is 0 Å². The van der Waals surface area contributed by atoms with Crippen molar-refractivity contribution in [1.29, 1.82) is 0 Å². The summed E-state index contributed by atoms with van der Waals surface area (Å²) in [7, 11) is 0. The Labute approximate surface area is 168 Å². The second kappa shape index (κ2) is 9.99. The SMILES string of the molecule is CCNC(=O)[C@H](C)Sc1nnc(-c2ccc(F)cc2)n1CC[NH+]1CCOCC1. The van der Waals surface area contributed by atoms with Gasteiger partial charge in [-0.1, -0.05) is 11.8 Å². The summed E-state index contributed by atoms with van der Waals surface area (Å²) >= 11 is 1.39. The number of ether oxygens (including phenoxy) is 1. The molecule has 1 aliphatic rings. The summed E-state index contributed by atoms with van der Waals surface area (Å²) < 4.78 is 20.8. The number of halogens is 1. The number of carbonyl (C=O) groups is 1.